The Kier molecular flexibility index (Phi) is 10.2. The molecule has 4 fully saturated rings. The Morgan fingerprint density at radius 1 is 1.04 bits per heavy atom. The molecule has 5 rings (SSSR count). The molecule has 1 aromatic rings. The highest BCUT2D eigenvalue weighted by atomic mass is 32.2. The van der Waals surface area contributed by atoms with Crippen molar-refractivity contribution in [2.45, 2.75) is 110 Å². The van der Waals surface area contributed by atoms with Crippen molar-refractivity contribution in [3.63, 3.8) is 0 Å². The highest BCUT2D eigenvalue weighted by Gasteiger charge is 2.65. The lowest BCUT2D eigenvalue weighted by molar-refractivity contribution is -0.222. The van der Waals surface area contributed by atoms with Crippen LogP contribution < -0.4 is 9.46 Å². The van der Waals surface area contributed by atoms with Gasteiger partial charge in [-0.1, -0.05) is 46.2 Å². The molecule has 2 N–H and O–H groups in total. The zero-order valence-corrected chi connectivity index (χ0v) is 28.6. The standard InChI is InChI=1S/C35H52F3NO6S/c1-6-25-29-19-24(45-32(41)35(36,37)38)13-16-34(29,4)28-14-17-33(3)26(11-12-27(33)30(28)31(25)40)21(2)15-18-46(42,43)39-20-22-7-9-23(44-5)10-8-22/h7-10,21,24-31,39-40H,6,11-20H2,1-5H3/t21-,24-,25-,26-,27+,28+,29?,30?,31-,33?,34+/m1/s1. The molecule has 11 heteroatoms. The number of ether oxygens (including phenoxy) is 2. The zero-order valence-electron chi connectivity index (χ0n) is 27.8. The summed E-state index contributed by atoms with van der Waals surface area (Å²) in [7, 11) is -1.87. The van der Waals surface area contributed by atoms with E-state index in [1.165, 1.54) is 0 Å². The number of alkyl halides is 3. The van der Waals surface area contributed by atoms with Gasteiger partial charge in [-0.25, -0.2) is 17.9 Å². The van der Waals surface area contributed by atoms with Crippen LogP contribution in [0.2, 0.25) is 0 Å². The van der Waals surface area contributed by atoms with Gasteiger partial charge in [-0.2, -0.15) is 13.2 Å². The fourth-order valence-corrected chi connectivity index (χ4v) is 12.0. The third kappa shape index (κ3) is 6.71. The van der Waals surface area contributed by atoms with Crippen molar-refractivity contribution in [2.24, 2.45) is 52.3 Å². The Balaban J connectivity index is 1.24. The molecular formula is C35H52F3NO6S. The monoisotopic (exact) mass is 671 g/mol. The van der Waals surface area contributed by atoms with E-state index in [2.05, 4.69) is 25.5 Å². The number of rotatable bonds is 10. The van der Waals surface area contributed by atoms with Crippen LogP contribution in [0, 0.1) is 52.3 Å². The number of halogens is 3. The van der Waals surface area contributed by atoms with Crippen LogP contribution in [0.4, 0.5) is 13.2 Å². The lowest BCUT2D eigenvalue weighted by Gasteiger charge is -2.64. The van der Waals surface area contributed by atoms with Gasteiger partial charge in [-0.3, -0.25) is 0 Å². The molecule has 3 unspecified atom stereocenters. The Morgan fingerprint density at radius 3 is 2.33 bits per heavy atom. The third-order valence-corrected chi connectivity index (χ3v) is 14.5. The lowest BCUT2D eigenvalue weighted by atomic mass is 9.41. The Labute approximate surface area is 272 Å². The van der Waals surface area contributed by atoms with E-state index in [9.17, 15) is 31.5 Å². The molecule has 1 aromatic carbocycles. The number of carbonyl (C=O) groups is 1. The Bertz CT molecular complexity index is 1340. The van der Waals surface area contributed by atoms with Gasteiger partial charge in [0.2, 0.25) is 10.0 Å². The van der Waals surface area contributed by atoms with Crippen molar-refractivity contribution in [2.75, 3.05) is 12.9 Å². The number of aliphatic hydroxyl groups excluding tert-OH is 1. The normalized spacial score (nSPS) is 38.3. The van der Waals surface area contributed by atoms with Crippen LogP contribution in [0.25, 0.3) is 0 Å². The van der Waals surface area contributed by atoms with E-state index in [1.54, 1.807) is 7.11 Å². The van der Waals surface area contributed by atoms with Crippen LogP contribution in [0.1, 0.15) is 91.0 Å². The quantitative estimate of drug-likeness (QED) is 0.263. The number of methoxy groups -OCH3 is 1. The SMILES string of the molecule is CC[C@@H]1C2C[C@H](OC(=O)C(F)(F)F)CC[C@@]2(C)[C@H]2CCC3(C)[C@@H]([C@H](C)CCS(=O)(=O)NCc4ccc(OC)cc4)CC[C@H]3C2[C@@H]1O. The molecule has 4 aliphatic carbocycles. The number of esters is 1. The third-order valence-electron chi connectivity index (χ3n) is 13.1. The number of hydrogen-bond donors (Lipinski definition) is 2. The number of nitrogens with one attached hydrogen (secondary N) is 1. The maximum Gasteiger partial charge on any atom is 0.490 e. The molecule has 0 aliphatic heterocycles. The summed E-state index contributed by atoms with van der Waals surface area (Å²) < 4.78 is 77.7. The van der Waals surface area contributed by atoms with Gasteiger partial charge in [-0.15, -0.1) is 0 Å². The summed E-state index contributed by atoms with van der Waals surface area (Å²) in [6, 6.07) is 7.31. The Morgan fingerprint density at radius 2 is 1.70 bits per heavy atom. The lowest BCUT2D eigenvalue weighted by Crippen LogP contribution is -2.62. The first kappa shape index (κ1) is 35.5. The van der Waals surface area contributed by atoms with Gasteiger partial charge in [0.1, 0.15) is 11.9 Å². The highest BCUT2D eigenvalue weighted by molar-refractivity contribution is 7.89. The van der Waals surface area contributed by atoms with Crippen molar-refractivity contribution in [1.82, 2.24) is 4.72 Å². The molecule has 46 heavy (non-hydrogen) atoms. The number of fused-ring (bicyclic) bond motifs is 5. The molecule has 0 saturated heterocycles. The van der Waals surface area contributed by atoms with E-state index in [0.29, 0.717) is 37.5 Å². The van der Waals surface area contributed by atoms with Crippen LogP contribution in [0.3, 0.4) is 0 Å². The van der Waals surface area contributed by atoms with Crippen molar-refractivity contribution in [3.05, 3.63) is 29.8 Å². The van der Waals surface area contributed by atoms with Crippen LogP contribution in [0.15, 0.2) is 24.3 Å². The second-order valence-electron chi connectivity index (χ2n) is 15.2. The molecule has 4 saturated carbocycles. The topological polar surface area (TPSA) is 102 Å². The second kappa shape index (κ2) is 13.2. The molecule has 0 aromatic heterocycles. The zero-order chi connectivity index (χ0) is 33.7. The Hall–Kier alpha value is -1.85. The number of aliphatic hydroxyl groups is 1. The molecule has 0 bridgehead atoms. The molecular weight excluding hydrogens is 619 g/mol. The molecule has 11 atom stereocenters. The summed E-state index contributed by atoms with van der Waals surface area (Å²) in [5.74, 6) is -0.195. The van der Waals surface area contributed by atoms with Gasteiger partial charge in [0, 0.05) is 6.54 Å². The van der Waals surface area contributed by atoms with Gasteiger partial charge < -0.3 is 14.6 Å². The minimum atomic E-state index is -5.01. The first-order valence-corrected chi connectivity index (χ1v) is 18.8. The first-order valence-electron chi connectivity index (χ1n) is 17.1. The fraction of sp³-hybridized carbons (Fsp3) is 0.800. The average Bonchev–Trinajstić information content (AvgIpc) is 3.36. The minimum Gasteiger partial charge on any atom is -0.497 e. The summed E-state index contributed by atoms with van der Waals surface area (Å²) in [4.78, 5) is 11.6. The summed E-state index contributed by atoms with van der Waals surface area (Å²) in [5.41, 5.74) is 0.715. The average molecular weight is 672 g/mol. The van der Waals surface area contributed by atoms with Crippen LogP contribution in [-0.2, 0) is 26.1 Å². The van der Waals surface area contributed by atoms with Gasteiger partial charge in [-0.05, 0) is 121 Å². The molecule has 0 spiro atoms. The van der Waals surface area contributed by atoms with E-state index in [0.717, 1.165) is 43.4 Å². The molecule has 0 heterocycles. The van der Waals surface area contributed by atoms with E-state index in [4.69, 9.17) is 9.47 Å². The maximum absolute atomic E-state index is 13.0. The van der Waals surface area contributed by atoms with E-state index in [1.807, 2.05) is 31.2 Å². The molecule has 0 radical (unpaired) electrons. The van der Waals surface area contributed by atoms with Gasteiger partial charge in [0.05, 0.1) is 19.0 Å². The second-order valence-corrected chi connectivity index (χ2v) is 17.2. The van der Waals surface area contributed by atoms with E-state index >= 15 is 0 Å². The van der Waals surface area contributed by atoms with Gasteiger partial charge in [0.25, 0.3) is 0 Å². The smallest absolute Gasteiger partial charge is 0.490 e. The molecule has 4 aliphatic rings. The summed E-state index contributed by atoms with van der Waals surface area (Å²) >= 11 is 0. The van der Waals surface area contributed by atoms with Crippen molar-refractivity contribution in [3.8, 4) is 5.75 Å². The van der Waals surface area contributed by atoms with Crippen molar-refractivity contribution >= 4 is 16.0 Å². The summed E-state index contributed by atoms with van der Waals surface area (Å²) in [5, 5.41) is 12.0. The van der Waals surface area contributed by atoms with Crippen molar-refractivity contribution < 1.29 is 41.0 Å². The predicted octanol–water partition coefficient (Wildman–Crippen LogP) is 6.88. The molecule has 7 nitrogen and oxygen atoms in total. The fourth-order valence-electron chi connectivity index (χ4n) is 10.8. The largest absolute Gasteiger partial charge is 0.497 e. The van der Waals surface area contributed by atoms with Gasteiger partial charge >= 0.3 is 12.1 Å². The number of sulfonamides is 1. The van der Waals surface area contributed by atoms with Crippen LogP contribution in [-0.4, -0.2) is 50.7 Å². The van der Waals surface area contributed by atoms with Crippen molar-refractivity contribution in [1.29, 1.82) is 0 Å². The molecule has 0 amide bonds. The number of benzene rings is 1. The minimum absolute atomic E-state index is 0.00960. The highest BCUT2D eigenvalue weighted by Crippen LogP contribution is 2.69. The van der Waals surface area contributed by atoms with E-state index in [-0.39, 0.29) is 52.7 Å². The van der Waals surface area contributed by atoms with Crippen LogP contribution in [0.5, 0.6) is 5.75 Å². The first-order chi connectivity index (χ1) is 21.5. The van der Waals surface area contributed by atoms with Gasteiger partial charge in [0.15, 0.2) is 0 Å². The van der Waals surface area contributed by atoms with E-state index < -0.39 is 34.4 Å². The maximum atomic E-state index is 13.0. The summed E-state index contributed by atoms with van der Waals surface area (Å²) in [6.45, 7) is 9.08. The summed E-state index contributed by atoms with van der Waals surface area (Å²) in [6.07, 6.45) is 0.319. The number of carbonyl (C=O) groups excluding carboxylic acids is 1. The predicted molar refractivity (Wildman–Crippen MR) is 169 cm³/mol. The number of hydrogen-bond acceptors (Lipinski definition) is 6. The molecule has 260 valence electrons. The van der Waals surface area contributed by atoms with Crippen LogP contribution >= 0.6 is 0 Å².